The van der Waals surface area contributed by atoms with Crippen LogP contribution in [0.2, 0.25) is 0 Å². The van der Waals surface area contributed by atoms with Crippen LogP contribution in [-0.2, 0) is 6.54 Å². The Labute approximate surface area is 85.1 Å². The summed E-state index contributed by atoms with van der Waals surface area (Å²) in [5.41, 5.74) is -0.394. The summed E-state index contributed by atoms with van der Waals surface area (Å²) in [4.78, 5) is 11.5. The van der Waals surface area contributed by atoms with Gasteiger partial charge in [-0.25, -0.2) is 4.79 Å². The van der Waals surface area contributed by atoms with Crippen LogP contribution in [0, 0.1) is 0 Å². The Morgan fingerprint density at radius 2 is 1.93 bits per heavy atom. The van der Waals surface area contributed by atoms with Crippen LogP contribution >= 0.6 is 0 Å². The number of alkyl halides is 3. The zero-order valence-electron chi connectivity index (χ0n) is 8.58. The number of hydrogen-bond donors (Lipinski definition) is 0. The van der Waals surface area contributed by atoms with Crippen LogP contribution in [0.5, 0.6) is 0 Å². The summed E-state index contributed by atoms with van der Waals surface area (Å²) >= 11 is 0. The summed E-state index contributed by atoms with van der Waals surface area (Å²) in [7, 11) is 0. The molecule has 0 aromatic carbocycles. The summed E-state index contributed by atoms with van der Waals surface area (Å²) in [5, 5.41) is 0. The van der Waals surface area contributed by atoms with Gasteiger partial charge in [-0.3, -0.25) is 9.13 Å². The molecule has 1 aromatic heterocycles. The zero-order valence-corrected chi connectivity index (χ0v) is 8.58. The highest BCUT2D eigenvalue weighted by Crippen LogP contribution is 2.19. The molecule has 0 saturated heterocycles. The number of imidazole rings is 1. The highest BCUT2D eigenvalue weighted by atomic mass is 19.4. The normalized spacial score (nSPS) is 12.4. The molecule has 0 aliphatic rings. The second-order valence-corrected chi connectivity index (χ2v) is 3.64. The fourth-order valence-electron chi connectivity index (χ4n) is 1.24. The van der Waals surface area contributed by atoms with Gasteiger partial charge < -0.3 is 0 Å². The predicted octanol–water partition coefficient (Wildman–Crippen LogP) is 2.18. The van der Waals surface area contributed by atoms with Gasteiger partial charge in [0.2, 0.25) is 0 Å². The Kier molecular flexibility index (Phi) is 3.26. The van der Waals surface area contributed by atoms with Crippen molar-refractivity contribution < 1.29 is 13.2 Å². The summed E-state index contributed by atoms with van der Waals surface area (Å²) in [6.07, 6.45) is -2.31. The smallest absolute Gasteiger partial charge is 0.299 e. The monoisotopic (exact) mass is 222 g/mol. The third kappa shape index (κ3) is 3.14. The fourth-order valence-corrected chi connectivity index (χ4v) is 1.24. The first kappa shape index (κ1) is 11.9. The van der Waals surface area contributed by atoms with Crippen LogP contribution in [0.1, 0.15) is 26.3 Å². The standard InChI is InChI=1S/C9H13F3N2O/c1-7(2)14-6-5-13(8(14)15)4-3-9(10,11)12/h5-7H,3-4H2,1-2H3. The van der Waals surface area contributed by atoms with E-state index in [9.17, 15) is 18.0 Å². The van der Waals surface area contributed by atoms with Crippen molar-refractivity contribution in [3.63, 3.8) is 0 Å². The van der Waals surface area contributed by atoms with Crippen molar-refractivity contribution >= 4 is 0 Å². The highest BCUT2D eigenvalue weighted by molar-refractivity contribution is 4.83. The van der Waals surface area contributed by atoms with Crippen molar-refractivity contribution in [2.45, 2.75) is 39.0 Å². The maximum absolute atomic E-state index is 11.9. The first-order chi connectivity index (χ1) is 6.81. The lowest BCUT2D eigenvalue weighted by molar-refractivity contribution is -0.136. The van der Waals surface area contributed by atoms with E-state index in [1.54, 1.807) is 13.8 Å². The van der Waals surface area contributed by atoms with E-state index < -0.39 is 18.3 Å². The Morgan fingerprint density at radius 3 is 2.33 bits per heavy atom. The van der Waals surface area contributed by atoms with Crippen LogP contribution in [0.4, 0.5) is 13.2 Å². The number of aryl methyl sites for hydroxylation is 1. The van der Waals surface area contributed by atoms with E-state index in [0.29, 0.717) is 0 Å². The number of aromatic nitrogens is 2. The highest BCUT2D eigenvalue weighted by Gasteiger charge is 2.27. The van der Waals surface area contributed by atoms with Crippen LogP contribution in [-0.4, -0.2) is 15.3 Å². The van der Waals surface area contributed by atoms with Gasteiger partial charge in [0.1, 0.15) is 0 Å². The third-order valence-corrected chi connectivity index (χ3v) is 2.07. The van der Waals surface area contributed by atoms with E-state index in [1.165, 1.54) is 17.0 Å². The lowest BCUT2D eigenvalue weighted by Gasteiger charge is -2.07. The fraction of sp³-hybridized carbons (Fsp3) is 0.667. The van der Waals surface area contributed by atoms with Crippen molar-refractivity contribution in [1.82, 2.24) is 9.13 Å². The Morgan fingerprint density at radius 1 is 1.33 bits per heavy atom. The molecule has 1 aromatic rings. The SMILES string of the molecule is CC(C)n1ccn(CCC(F)(F)F)c1=O. The van der Waals surface area contributed by atoms with Crippen molar-refractivity contribution in [3.05, 3.63) is 22.9 Å². The minimum Gasteiger partial charge on any atom is -0.299 e. The summed E-state index contributed by atoms with van der Waals surface area (Å²) < 4.78 is 38.2. The van der Waals surface area contributed by atoms with Gasteiger partial charge in [0.15, 0.2) is 0 Å². The van der Waals surface area contributed by atoms with E-state index in [4.69, 9.17) is 0 Å². The first-order valence-corrected chi connectivity index (χ1v) is 4.65. The lowest BCUT2D eigenvalue weighted by atomic mass is 10.4. The van der Waals surface area contributed by atoms with E-state index in [2.05, 4.69) is 0 Å². The molecule has 0 amide bonds. The van der Waals surface area contributed by atoms with Crippen LogP contribution in [0.15, 0.2) is 17.2 Å². The number of rotatable bonds is 3. The molecule has 0 bridgehead atoms. The van der Waals surface area contributed by atoms with Gasteiger partial charge in [-0.2, -0.15) is 13.2 Å². The molecule has 0 atom stereocenters. The predicted molar refractivity (Wildman–Crippen MR) is 49.7 cm³/mol. The van der Waals surface area contributed by atoms with Crippen LogP contribution in [0.25, 0.3) is 0 Å². The molecular weight excluding hydrogens is 209 g/mol. The average molecular weight is 222 g/mol. The third-order valence-electron chi connectivity index (χ3n) is 2.07. The van der Waals surface area contributed by atoms with Crippen molar-refractivity contribution in [3.8, 4) is 0 Å². The molecule has 86 valence electrons. The van der Waals surface area contributed by atoms with E-state index in [-0.39, 0.29) is 12.6 Å². The molecule has 3 nitrogen and oxygen atoms in total. The summed E-state index contributed by atoms with van der Waals surface area (Å²) in [6.45, 7) is 3.28. The lowest BCUT2D eigenvalue weighted by Crippen LogP contribution is -2.26. The molecule has 6 heteroatoms. The molecule has 0 unspecified atom stereocenters. The van der Waals surface area contributed by atoms with Gasteiger partial charge in [-0.15, -0.1) is 0 Å². The molecule has 0 aliphatic carbocycles. The molecular formula is C9H13F3N2O. The average Bonchev–Trinajstić information content (AvgIpc) is 2.42. The van der Waals surface area contributed by atoms with E-state index in [0.717, 1.165) is 4.57 Å². The molecule has 0 radical (unpaired) electrons. The van der Waals surface area contributed by atoms with Gasteiger partial charge in [-0.05, 0) is 13.8 Å². The van der Waals surface area contributed by atoms with Crippen molar-refractivity contribution in [1.29, 1.82) is 0 Å². The van der Waals surface area contributed by atoms with Crippen LogP contribution < -0.4 is 5.69 Å². The minimum atomic E-state index is -4.22. The second-order valence-electron chi connectivity index (χ2n) is 3.64. The quantitative estimate of drug-likeness (QED) is 0.770. The Hall–Kier alpha value is -1.20. The van der Waals surface area contributed by atoms with Gasteiger partial charge in [0, 0.05) is 25.0 Å². The summed E-state index contributed by atoms with van der Waals surface area (Å²) in [5.74, 6) is 0. The molecule has 0 aliphatic heterocycles. The molecule has 0 spiro atoms. The minimum absolute atomic E-state index is 0.0374. The number of halogens is 3. The van der Waals surface area contributed by atoms with E-state index >= 15 is 0 Å². The molecule has 0 N–H and O–H groups in total. The number of hydrogen-bond acceptors (Lipinski definition) is 1. The van der Waals surface area contributed by atoms with Crippen molar-refractivity contribution in [2.24, 2.45) is 0 Å². The van der Waals surface area contributed by atoms with Gasteiger partial charge >= 0.3 is 11.9 Å². The topological polar surface area (TPSA) is 26.9 Å². The summed E-state index contributed by atoms with van der Waals surface area (Å²) in [6, 6.07) is -0.0374. The van der Waals surface area contributed by atoms with Gasteiger partial charge in [0.05, 0.1) is 6.42 Å². The molecule has 0 saturated carbocycles. The maximum atomic E-state index is 11.9. The number of nitrogens with zero attached hydrogens (tertiary/aromatic N) is 2. The van der Waals surface area contributed by atoms with Gasteiger partial charge in [0.25, 0.3) is 0 Å². The van der Waals surface area contributed by atoms with E-state index in [1.807, 2.05) is 0 Å². The molecule has 1 heterocycles. The second kappa shape index (κ2) is 4.12. The zero-order chi connectivity index (χ0) is 11.6. The van der Waals surface area contributed by atoms with Gasteiger partial charge in [-0.1, -0.05) is 0 Å². The Bertz CT molecular complexity index is 375. The maximum Gasteiger partial charge on any atom is 0.390 e. The van der Waals surface area contributed by atoms with Crippen molar-refractivity contribution in [2.75, 3.05) is 0 Å². The molecule has 15 heavy (non-hydrogen) atoms. The first-order valence-electron chi connectivity index (χ1n) is 4.65. The molecule has 0 fully saturated rings. The Balaban J connectivity index is 2.76. The molecule has 1 rings (SSSR count). The largest absolute Gasteiger partial charge is 0.390 e. The van der Waals surface area contributed by atoms with Crippen LogP contribution in [0.3, 0.4) is 0 Å².